The summed E-state index contributed by atoms with van der Waals surface area (Å²) in [5, 5.41) is 2.62. The van der Waals surface area contributed by atoms with Crippen LogP contribution in [0.1, 0.15) is 199 Å². The van der Waals surface area contributed by atoms with Gasteiger partial charge in [0.2, 0.25) is 55.4 Å². The minimum Gasteiger partial charge on any atom is -0.493 e. The minimum atomic E-state index is -4.02. The predicted octanol–water partition coefficient (Wildman–Crippen LogP) is 13.1. The number of hydrogen-bond donors (Lipinski definition) is 2. The highest BCUT2D eigenvalue weighted by atomic mass is 32.2. The van der Waals surface area contributed by atoms with E-state index in [1.54, 1.807) is 62.6 Å². The standard InChI is InChI=1S/2C43H57F2N3O10S/c2*1-25-11-9-10-12-28-22-43(28,39(52)47-59(53,54)41(5)14-15-41)23-33(49)32-19-29(57-37-31-20-35(56-8)34(55-7)18-27(31)13-16-46-37)24-48(32)38(51)30(26(2)17-25)21-36(50)58-40(3,4)42(6,44)45/h2*10,12-13,16,18,20,25-26,28-30,32H,9,11,14-15,17,19,21-24H2,1-8H3,(H,47,52)/b2*12-10-/t25-,26+,28+,29+,30-,32-,43+;25-,26-,28-,29-,30+,32+,43-/m01/s1. The molecule has 648 valence electrons. The van der Waals surface area contributed by atoms with Gasteiger partial charge in [-0.2, -0.15) is 0 Å². The third kappa shape index (κ3) is 19.2. The second kappa shape index (κ2) is 34.1. The molecule has 2 saturated heterocycles. The molecule has 26 nitrogen and oxygen atoms in total. The number of allylic oxidation sites excluding steroid dienone is 4. The molecule has 2 N–H and O–H groups in total. The monoisotopic (exact) mass is 1690 g/mol. The molecular formula is C86H114F4N6O20S2. The number of sulfonamides is 2. The van der Waals surface area contributed by atoms with Crippen LogP contribution in [0.2, 0.25) is 0 Å². The molecule has 0 unspecified atom stereocenters. The van der Waals surface area contributed by atoms with E-state index in [0.717, 1.165) is 38.5 Å². The van der Waals surface area contributed by atoms with Crippen LogP contribution in [0.3, 0.4) is 0 Å². The molecule has 4 amide bonds. The fourth-order valence-corrected chi connectivity index (χ4v) is 19.5. The average Bonchev–Trinajstić information content (AvgIpc) is 1.57. The first-order chi connectivity index (χ1) is 55.1. The zero-order valence-electron chi connectivity index (χ0n) is 70.3. The SMILES string of the molecule is COc1cc2ccnc(O[C@@H]3C[C@H]4C(=O)C[C@]5(C(=O)NS(=O)(=O)C6(C)CC6)C[C@H]5/C=C\CC[C@@H](C)C[C@@H](C)[C@H](CC(=O)OC(C)(C)C(C)(F)F)C(=O)N4C3)c2cc1OC.COc1cc2ccnc(O[C@@H]3C[C@H]4C(=O)C[C@]5(C(=O)NS(=O)(=O)C6(C)CC6)C[C@H]5/C=C\CC[C@H](C)C[C@@H](C)[C@H](CC(=O)OC(C)(C)C(C)(F)F)C(=O)N4C3)c2cc1OC. The number of ether oxygens (including phenoxy) is 8. The molecule has 6 heterocycles. The second-order valence-electron chi connectivity index (χ2n) is 36.1. The zero-order chi connectivity index (χ0) is 86.6. The van der Waals surface area contributed by atoms with Gasteiger partial charge in [0.25, 0.3) is 11.8 Å². The Balaban J connectivity index is 0.000000231. The molecule has 2 aromatic carbocycles. The van der Waals surface area contributed by atoms with Gasteiger partial charge in [-0.15, -0.1) is 0 Å². The van der Waals surface area contributed by atoms with E-state index >= 15 is 0 Å². The number of hydrogen-bond acceptors (Lipinski definition) is 22. The van der Waals surface area contributed by atoms with Crippen LogP contribution >= 0.6 is 0 Å². The highest BCUT2D eigenvalue weighted by molar-refractivity contribution is 7.92. The lowest BCUT2D eigenvalue weighted by Crippen LogP contribution is -2.49. The van der Waals surface area contributed by atoms with Crippen molar-refractivity contribution in [2.75, 3.05) is 41.5 Å². The number of aromatic nitrogens is 2. The van der Waals surface area contributed by atoms with Gasteiger partial charge in [-0.25, -0.2) is 44.4 Å². The van der Waals surface area contributed by atoms with E-state index in [1.165, 1.54) is 38.2 Å². The zero-order valence-corrected chi connectivity index (χ0v) is 71.9. The maximum Gasteiger partial charge on any atom is 0.307 e. The molecule has 6 fully saturated rings. The third-order valence-corrected chi connectivity index (χ3v) is 30.6. The van der Waals surface area contributed by atoms with Crippen LogP contribution in [0.15, 0.2) is 73.1 Å². The summed E-state index contributed by atoms with van der Waals surface area (Å²) in [6, 6.07) is 8.25. The number of ketones is 2. The number of pyridine rings is 2. The van der Waals surface area contributed by atoms with Crippen LogP contribution in [0, 0.1) is 58.2 Å². The van der Waals surface area contributed by atoms with Gasteiger partial charge in [0.15, 0.2) is 45.8 Å². The van der Waals surface area contributed by atoms with Crippen molar-refractivity contribution in [3.63, 3.8) is 0 Å². The van der Waals surface area contributed by atoms with Gasteiger partial charge in [0.1, 0.15) is 12.2 Å². The lowest BCUT2D eigenvalue weighted by molar-refractivity contribution is -0.197. The molecule has 2 aromatic heterocycles. The van der Waals surface area contributed by atoms with Crippen LogP contribution in [-0.2, 0) is 67.9 Å². The van der Waals surface area contributed by atoms with Crippen LogP contribution in [0.25, 0.3) is 21.5 Å². The first kappa shape index (κ1) is 90.1. The molecule has 4 aromatic rings. The molecule has 32 heteroatoms. The number of benzene rings is 2. The van der Waals surface area contributed by atoms with E-state index in [4.69, 9.17) is 37.9 Å². The van der Waals surface area contributed by atoms with Crippen LogP contribution in [0.4, 0.5) is 17.6 Å². The molecular weight excluding hydrogens is 1580 g/mol. The molecule has 12 rings (SSSR count). The summed E-state index contributed by atoms with van der Waals surface area (Å²) in [5.41, 5.74) is -7.02. The maximum absolute atomic E-state index is 14.9. The number of esters is 2. The van der Waals surface area contributed by atoms with Gasteiger partial charge in [-0.1, -0.05) is 52.0 Å². The Morgan fingerprint density at radius 3 is 1.19 bits per heavy atom. The summed E-state index contributed by atoms with van der Waals surface area (Å²) in [4.78, 5) is 126. The summed E-state index contributed by atoms with van der Waals surface area (Å²) in [6.07, 6.45) is 13.4. The Bertz CT molecular complexity index is 4530. The number of nitrogens with one attached hydrogen (secondary N) is 2. The molecule has 4 saturated carbocycles. The molecule has 4 aliphatic heterocycles. The highest BCUT2D eigenvalue weighted by Gasteiger charge is 2.65. The van der Waals surface area contributed by atoms with Crippen molar-refractivity contribution in [1.29, 1.82) is 0 Å². The first-order valence-electron chi connectivity index (χ1n) is 40.8. The lowest BCUT2D eigenvalue weighted by Gasteiger charge is -2.34. The Kier molecular flexibility index (Phi) is 26.0. The van der Waals surface area contributed by atoms with Gasteiger partial charge in [0.05, 0.1) is 98.6 Å². The van der Waals surface area contributed by atoms with E-state index < -0.39 is 183 Å². The number of fused-ring (bicyclic) bond motifs is 6. The topological polar surface area (TPSA) is 335 Å². The number of nitrogens with zero attached hydrogens (tertiary/aromatic N) is 4. The minimum absolute atomic E-state index is 0.00153. The number of amides is 4. The molecule has 8 aliphatic rings. The van der Waals surface area contributed by atoms with Gasteiger partial charge < -0.3 is 47.7 Å². The lowest BCUT2D eigenvalue weighted by atomic mass is 9.82. The number of carbonyl (C=O) groups is 8. The smallest absolute Gasteiger partial charge is 0.307 e. The first-order valence-corrected chi connectivity index (χ1v) is 43.7. The van der Waals surface area contributed by atoms with Crippen molar-refractivity contribution in [2.45, 2.75) is 255 Å². The quantitative estimate of drug-likeness (QED) is 0.0419. The average molecular weight is 1690 g/mol. The van der Waals surface area contributed by atoms with E-state index in [0.29, 0.717) is 112 Å². The Hall–Kier alpha value is -8.68. The predicted molar refractivity (Wildman–Crippen MR) is 429 cm³/mol. The van der Waals surface area contributed by atoms with E-state index in [2.05, 4.69) is 19.4 Å². The normalized spacial score (nSPS) is 29.3. The van der Waals surface area contributed by atoms with E-state index in [9.17, 15) is 72.8 Å². The fourth-order valence-electron chi connectivity index (χ4n) is 16.8. The number of carbonyl (C=O) groups excluding carboxylic acids is 8. The van der Waals surface area contributed by atoms with Crippen LogP contribution < -0.4 is 37.9 Å². The fraction of sp³-hybridized carbons (Fsp3) is 0.651. The number of alkyl halides is 4. The van der Waals surface area contributed by atoms with Crippen molar-refractivity contribution >= 4 is 88.7 Å². The van der Waals surface area contributed by atoms with Gasteiger partial charge in [-0.3, -0.25) is 47.8 Å². The van der Waals surface area contributed by atoms with Crippen molar-refractivity contribution < 1.29 is 111 Å². The van der Waals surface area contributed by atoms with Gasteiger partial charge in [0, 0.05) is 62.7 Å². The van der Waals surface area contributed by atoms with Crippen molar-refractivity contribution in [3.8, 4) is 34.8 Å². The van der Waals surface area contributed by atoms with Crippen LogP contribution in [0.5, 0.6) is 34.8 Å². The molecule has 0 spiro atoms. The summed E-state index contributed by atoms with van der Waals surface area (Å²) in [5.74, 6) is -13.6. The Morgan fingerprint density at radius 1 is 0.525 bits per heavy atom. The number of rotatable bonds is 22. The Morgan fingerprint density at radius 2 is 0.864 bits per heavy atom. The molecule has 0 bridgehead atoms. The van der Waals surface area contributed by atoms with Crippen LogP contribution in [-0.4, -0.2) is 182 Å². The third-order valence-electron chi connectivity index (χ3n) is 26.2. The van der Waals surface area contributed by atoms with Crippen molar-refractivity contribution in [1.82, 2.24) is 29.2 Å². The molecule has 118 heavy (non-hydrogen) atoms. The molecule has 14 atom stereocenters. The summed E-state index contributed by atoms with van der Waals surface area (Å²) >= 11 is 0. The van der Waals surface area contributed by atoms with E-state index in [1.807, 2.05) is 52.0 Å². The maximum atomic E-state index is 14.9. The second-order valence-corrected chi connectivity index (χ2v) is 40.4. The summed E-state index contributed by atoms with van der Waals surface area (Å²) in [7, 11) is -2.00. The van der Waals surface area contributed by atoms with Crippen molar-refractivity contribution in [2.24, 2.45) is 58.2 Å². The molecule has 0 radical (unpaired) electrons. The summed E-state index contributed by atoms with van der Waals surface area (Å²) in [6.45, 7) is 16.4. The van der Waals surface area contributed by atoms with Crippen molar-refractivity contribution in [3.05, 3.63) is 73.1 Å². The Labute approximate surface area is 688 Å². The number of halogens is 4. The largest absolute Gasteiger partial charge is 0.493 e. The summed E-state index contributed by atoms with van der Waals surface area (Å²) < 4.78 is 159. The highest BCUT2D eigenvalue weighted by Crippen LogP contribution is 2.60. The van der Waals surface area contributed by atoms with Gasteiger partial charge >= 0.3 is 11.9 Å². The number of methoxy groups -OCH3 is 4. The molecule has 4 aliphatic carbocycles. The van der Waals surface area contributed by atoms with E-state index in [-0.39, 0.29) is 75.2 Å². The number of Topliss-reactive ketones (excluding diaryl/α,β-unsaturated/α-hetero) is 2. The van der Waals surface area contributed by atoms with Gasteiger partial charge in [-0.05, 0) is 201 Å².